The smallest absolute Gasteiger partial charge is 0.305 e. The van der Waals surface area contributed by atoms with Crippen LogP contribution in [0, 0.1) is 6.92 Å². The minimum atomic E-state index is -0.147. The Hall–Kier alpha value is -2.48. The molecule has 0 heterocycles. The summed E-state index contributed by atoms with van der Waals surface area (Å²) in [5, 5.41) is 0. The van der Waals surface area contributed by atoms with E-state index in [1.54, 1.807) is 14.2 Å². The summed E-state index contributed by atoms with van der Waals surface area (Å²) in [6, 6.07) is 6.16. The lowest BCUT2D eigenvalue weighted by atomic mass is 10.1. The van der Waals surface area contributed by atoms with Crippen LogP contribution in [0.2, 0.25) is 0 Å². The summed E-state index contributed by atoms with van der Waals surface area (Å²) < 4.78 is 53.9. The lowest BCUT2D eigenvalue weighted by molar-refractivity contribution is -0.146. The quantitative estimate of drug-likeness (QED) is 0.0468. The molecule has 0 saturated heterocycles. The number of unbranched alkanes of at least 4 members (excludes halogenated alkanes) is 14. The van der Waals surface area contributed by atoms with E-state index < -0.39 is 0 Å². The molecule has 320 valence electrons. The predicted molar refractivity (Wildman–Crippen MR) is 214 cm³/mol. The molecule has 0 spiro atoms. The number of aryl methyl sites for hydroxylation is 1. The second-order valence-corrected chi connectivity index (χ2v) is 13.7. The van der Waals surface area contributed by atoms with E-state index in [2.05, 4.69) is 19.1 Å². The first-order valence-corrected chi connectivity index (χ1v) is 21.0. The van der Waals surface area contributed by atoms with Gasteiger partial charge in [0.1, 0.15) is 13.2 Å². The summed E-state index contributed by atoms with van der Waals surface area (Å²) in [5.74, 6) is 1.37. The highest BCUT2D eigenvalue weighted by molar-refractivity contribution is 5.69. The lowest BCUT2D eigenvalue weighted by Gasteiger charge is -2.13. The molecule has 1 aromatic carbocycles. The van der Waals surface area contributed by atoms with E-state index in [0.717, 1.165) is 75.7 Å². The van der Waals surface area contributed by atoms with E-state index in [0.29, 0.717) is 98.7 Å². The van der Waals surface area contributed by atoms with Crippen LogP contribution >= 0.6 is 0 Å². The van der Waals surface area contributed by atoms with E-state index in [1.807, 2.05) is 6.07 Å². The zero-order valence-electron chi connectivity index (χ0n) is 34.8. The number of hydrogen-bond acceptors (Lipinski definition) is 12. The van der Waals surface area contributed by atoms with Crippen molar-refractivity contribution < 1.29 is 57.0 Å². The van der Waals surface area contributed by atoms with Gasteiger partial charge in [-0.2, -0.15) is 0 Å². The van der Waals surface area contributed by atoms with E-state index in [1.165, 1.54) is 44.1 Å². The molecule has 12 heteroatoms. The Morgan fingerprint density at radius 1 is 0.400 bits per heavy atom. The van der Waals surface area contributed by atoms with Gasteiger partial charge in [-0.05, 0) is 50.3 Å². The molecule has 55 heavy (non-hydrogen) atoms. The van der Waals surface area contributed by atoms with Gasteiger partial charge in [0, 0.05) is 27.1 Å². The normalized spacial score (nSPS) is 11.2. The van der Waals surface area contributed by atoms with Gasteiger partial charge in [-0.3, -0.25) is 9.59 Å². The topological polar surface area (TPSA) is 126 Å². The zero-order chi connectivity index (χ0) is 39.7. The number of carbonyl (C=O) groups is 2. The van der Waals surface area contributed by atoms with Gasteiger partial charge in [-0.25, -0.2) is 0 Å². The number of rotatable bonds is 42. The van der Waals surface area contributed by atoms with Crippen LogP contribution in [0.15, 0.2) is 18.2 Å². The van der Waals surface area contributed by atoms with Gasteiger partial charge in [0.05, 0.1) is 79.3 Å². The fraction of sp³-hybridized carbons (Fsp3) is 0.814. The molecule has 0 amide bonds. The molecule has 12 nitrogen and oxygen atoms in total. The summed E-state index contributed by atoms with van der Waals surface area (Å²) in [4.78, 5) is 23.7. The van der Waals surface area contributed by atoms with E-state index >= 15 is 0 Å². The molecule has 0 aliphatic rings. The Balaban J connectivity index is 1.93. The molecule has 0 N–H and O–H groups in total. The lowest BCUT2D eigenvalue weighted by Crippen LogP contribution is -2.13. The van der Waals surface area contributed by atoms with Crippen molar-refractivity contribution in [2.24, 2.45) is 0 Å². The van der Waals surface area contributed by atoms with Crippen LogP contribution in [-0.2, 0) is 47.5 Å². The largest absolute Gasteiger partial charge is 0.490 e. The average Bonchev–Trinajstić information content (AvgIpc) is 3.18. The number of esters is 2. The molecular formula is C43H76O12. The molecule has 0 aromatic heterocycles. The number of carbonyl (C=O) groups excluding carboxylic acids is 2. The van der Waals surface area contributed by atoms with Crippen molar-refractivity contribution in [3.8, 4) is 11.5 Å². The molecular weight excluding hydrogens is 708 g/mol. The molecule has 0 atom stereocenters. The fourth-order valence-corrected chi connectivity index (χ4v) is 5.58. The van der Waals surface area contributed by atoms with Crippen LogP contribution in [0.25, 0.3) is 0 Å². The van der Waals surface area contributed by atoms with Crippen molar-refractivity contribution in [3.05, 3.63) is 23.8 Å². The van der Waals surface area contributed by atoms with Crippen LogP contribution in [-0.4, -0.2) is 119 Å². The van der Waals surface area contributed by atoms with E-state index in [9.17, 15) is 9.59 Å². The van der Waals surface area contributed by atoms with Gasteiger partial charge >= 0.3 is 11.9 Å². The summed E-state index contributed by atoms with van der Waals surface area (Å²) in [5.41, 5.74) is 1.17. The van der Waals surface area contributed by atoms with Gasteiger partial charge in [-0.1, -0.05) is 83.1 Å². The monoisotopic (exact) mass is 785 g/mol. The van der Waals surface area contributed by atoms with E-state index in [-0.39, 0.29) is 18.5 Å². The second-order valence-electron chi connectivity index (χ2n) is 13.7. The highest BCUT2D eigenvalue weighted by atomic mass is 16.6. The molecule has 0 bridgehead atoms. The van der Waals surface area contributed by atoms with Crippen molar-refractivity contribution in [2.75, 3.05) is 107 Å². The van der Waals surface area contributed by atoms with Crippen molar-refractivity contribution in [3.63, 3.8) is 0 Å². The predicted octanol–water partition coefficient (Wildman–Crippen LogP) is 8.22. The molecule has 0 aliphatic heterocycles. The third-order valence-corrected chi connectivity index (χ3v) is 8.75. The van der Waals surface area contributed by atoms with Crippen LogP contribution in [0.1, 0.15) is 121 Å². The maximum absolute atomic E-state index is 11.9. The van der Waals surface area contributed by atoms with Crippen LogP contribution < -0.4 is 9.47 Å². The van der Waals surface area contributed by atoms with Gasteiger partial charge in [0.2, 0.25) is 0 Å². The molecule has 0 saturated carbocycles. The SMILES string of the molecule is COCCOCCOCCOC(=O)CCCCCCCCCCOc1ccc(C)cc1OCCCCCCCCCCC(=O)OCCOCCOCCOC. The van der Waals surface area contributed by atoms with Crippen LogP contribution in [0.4, 0.5) is 0 Å². The van der Waals surface area contributed by atoms with Gasteiger partial charge in [0.25, 0.3) is 0 Å². The Labute approximate surface area is 332 Å². The van der Waals surface area contributed by atoms with Crippen molar-refractivity contribution >= 4 is 11.9 Å². The van der Waals surface area contributed by atoms with Crippen molar-refractivity contribution in [1.82, 2.24) is 0 Å². The van der Waals surface area contributed by atoms with Crippen LogP contribution in [0.5, 0.6) is 11.5 Å². The number of methoxy groups -OCH3 is 2. The van der Waals surface area contributed by atoms with Crippen molar-refractivity contribution in [2.45, 2.75) is 122 Å². The summed E-state index contributed by atoms with van der Waals surface area (Å²) in [6.07, 6.45) is 18.6. The Kier molecular flexibility index (Phi) is 36.5. The first-order chi connectivity index (χ1) is 27.1. The standard InChI is InChI=1S/C43H76O12/c1-39-22-23-40(52-24-18-14-10-6-4-8-12-16-20-42(44)54-36-34-50-32-30-48-28-26-46-2)41(38-39)53-25-19-15-11-7-5-9-13-17-21-43(45)55-37-35-51-33-31-49-29-27-47-3/h22-23,38H,4-21,24-37H2,1-3H3. The first-order valence-electron chi connectivity index (χ1n) is 21.0. The van der Waals surface area contributed by atoms with E-state index in [4.69, 9.17) is 47.4 Å². The summed E-state index contributed by atoms with van der Waals surface area (Å²) in [7, 11) is 3.28. The minimum absolute atomic E-state index is 0.147. The summed E-state index contributed by atoms with van der Waals surface area (Å²) >= 11 is 0. The highest BCUT2D eigenvalue weighted by Gasteiger charge is 2.07. The molecule has 0 aliphatic carbocycles. The Morgan fingerprint density at radius 2 is 0.745 bits per heavy atom. The maximum atomic E-state index is 11.9. The van der Waals surface area contributed by atoms with Gasteiger partial charge in [0.15, 0.2) is 11.5 Å². The molecule has 0 radical (unpaired) electrons. The second kappa shape index (κ2) is 39.7. The van der Waals surface area contributed by atoms with Crippen LogP contribution in [0.3, 0.4) is 0 Å². The Bertz CT molecular complexity index is 1010. The third-order valence-electron chi connectivity index (χ3n) is 8.75. The molecule has 0 unspecified atom stereocenters. The minimum Gasteiger partial charge on any atom is -0.490 e. The summed E-state index contributed by atoms with van der Waals surface area (Å²) in [6.45, 7) is 9.08. The maximum Gasteiger partial charge on any atom is 0.305 e. The molecule has 1 rings (SSSR count). The Morgan fingerprint density at radius 3 is 1.16 bits per heavy atom. The van der Waals surface area contributed by atoms with Gasteiger partial charge < -0.3 is 47.4 Å². The first kappa shape index (κ1) is 50.5. The third kappa shape index (κ3) is 34.5. The number of benzene rings is 1. The highest BCUT2D eigenvalue weighted by Crippen LogP contribution is 2.29. The van der Waals surface area contributed by atoms with Crippen molar-refractivity contribution in [1.29, 1.82) is 0 Å². The number of ether oxygens (including phenoxy) is 10. The molecule has 1 aromatic rings. The van der Waals surface area contributed by atoms with Gasteiger partial charge in [-0.15, -0.1) is 0 Å². The number of hydrogen-bond donors (Lipinski definition) is 0. The average molecular weight is 785 g/mol. The zero-order valence-corrected chi connectivity index (χ0v) is 34.8. The molecule has 0 fully saturated rings. The fourth-order valence-electron chi connectivity index (χ4n) is 5.58.